The largest absolute Gasteiger partial charge is 0.464 e. The Labute approximate surface area is 293 Å². The van der Waals surface area contributed by atoms with E-state index < -0.39 is 41.8 Å². The number of fused-ring (bicyclic) bond motifs is 3. The number of amides is 1. The average molecular weight is 682 g/mol. The van der Waals surface area contributed by atoms with E-state index in [9.17, 15) is 24.0 Å². The zero-order valence-electron chi connectivity index (χ0n) is 30.8. The van der Waals surface area contributed by atoms with Crippen molar-refractivity contribution in [3.63, 3.8) is 0 Å². The number of carbonyl (C=O) groups excluding carboxylic acids is 5. The second-order valence-corrected chi connectivity index (χ2v) is 14.6. The summed E-state index contributed by atoms with van der Waals surface area (Å²) in [7, 11) is 1.54. The first-order valence-corrected chi connectivity index (χ1v) is 18.3. The summed E-state index contributed by atoms with van der Waals surface area (Å²) in [5.74, 6) is -2.49. The average Bonchev–Trinajstić information content (AvgIpc) is 3.08. The van der Waals surface area contributed by atoms with Crippen molar-refractivity contribution in [3.05, 3.63) is 47.6 Å². The second-order valence-electron chi connectivity index (χ2n) is 14.6. The first-order chi connectivity index (χ1) is 23.3. The predicted octanol–water partition coefficient (Wildman–Crippen LogP) is 6.69. The number of carbonyl (C=O) groups is 5. The molecule has 2 fully saturated rings. The first-order valence-electron chi connectivity index (χ1n) is 18.3. The quantitative estimate of drug-likeness (QED) is 0.171. The van der Waals surface area contributed by atoms with Gasteiger partial charge in [0.1, 0.15) is 24.0 Å². The highest BCUT2D eigenvalue weighted by Gasteiger charge is 2.42. The molecule has 0 aromatic heterocycles. The van der Waals surface area contributed by atoms with E-state index in [1.54, 1.807) is 6.92 Å². The van der Waals surface area contributed by atoms with Crippen LogP contribution in [0.3, 0.4) is 0 Å². The van der Waals surface area contributed by atoms with Gasteiger partial charge in [0.2, 0.25) is 5.78 Å². The van der Waals surface area contributed by atoms with Gasteiger partial charge in [-0.3, -0.25) is 19.2 Å². The fraction of sp³-hybridized carbons (Fsp3) is 0.675. The van der Waals surface area contributed by atoms with E-state index in [4.69, 9.17) is 14.2 Å². The van der Waals surface area contributed by atoms with Crippen LogP contribution in [0.4, 0.5) is 0 Å². The maximum absolute atomic E-state index is 13.6. The van der Waals surface area contributed by atoms with Crippen LogP contribution in [0, 0.1) is 23.7 Å². The van der Waals surface area contributed by atoms with Crippen LogP contribution in [0.5, 0.6) is 0 Å². The molecule has 3 rings (SSSR count). The highest BCUT2D eigenvalue weighted by atomic mass is 16.5. The molecule has 0 aromatic rings. The van der Waals surface area contributed by atoms with Crippen LogP contribution < -0.4 is 0 Å². The Morgan fingerprint density at radius 3 is 2.35 bits per heavy atom. The van der Waals surface area contributed by atoms with Gasteiger partial charge in [0.15, 0.2) is 5.78 Å². The molecule has 9 nitrogen and oxygen atoms in total. The molecule has 2 bridgehead atoms. The number of allylic oxidation sites excluding steroid dienone is 7. The van der Waals surface area contributed by atoms with Gasteiger partial charge in [0.25, 0.3) is 5.91 Å². The van der Waals surface area contributed by atoms with Crippen molar-refractivity contribution in [1.29, 1.82) is 0 Å². The molecule has 0 spiro atoms. The molecule has 0 saturated carbocycles. The molecular formula is C40H59NO8. The maximum Gasteiger partial charge on any atom is 0.328 e. The molecule has 8 unspecified atom stereocenters. The molecule has 0 radical (unpaired) electrons. The topological polar surface area (TPSA) is 116 Å². The molecule has 8 atom stereocenters. The molecular weight excluding hydrogens is 622 g/mol. The van der Waals surface area contributed by atoms with Crippen LogP contribution in [-0.4, -0.2) is 78.7 Å². The number of piperidine rings is 1. The standard InChI is InChI=1S/C40H59NO8/c1-26-13-9-8-10-14-27(2)23-31(6)36(43)35(47-7)25-28(3)24-30(5)34(42)20-22-48-40(46)33-15-11-12-21-41(33)39(45)37(44)38-29(4)17-19-32(49-38)18-16-26/h8-10,13-14,24,27,29-33,35,38H,11-12,15-23,25H2,1-7H3. The number of nitrogens with zero attached hydrogens (tertiary/aromatic N) is 1. The van der Waals surface area contributed by atoms with Crippen molar-refractivity contribution >= 4 is 29.2 Å². The van der Waals surface area contributed by atoms with Crippen molar-refractivity contribution in [2.75, 3.05) is 20.3 Å². The van der Waals surface area contributed by atoms with Crippen LogP contribution >= 0.6 is 0 Å². The van der Waals surface area contributed by atoms with E-state index in [0.29, 0.717) is 32.2 Å². The van der Waals surface area contributed by atoms with Gasteiger partial charge in [0.05, 0.1) is 12.7 Å². The zero-order chi connectivity index (χ0) is 36.1. The lowest BCUT2D eigenvalue weighted by Gasteiger charge is -2.37. The molecule has 9 heteroatoms. The third-order valence-electron chi connectivity index (χ3n) is 10.2. The van der Waals surface area contributed by atoms with E-state index in [-0.39, 0.29) is 48.5 Å². The van der Waals surface area contributed by atoms with E-state index in [2.05, 4.69) is 26.0 Å². The lowest BCUT2D eigenvalue weighted by molar-refractivity contribution is -0.166. The molecule has 1 amide bonds. The second kappa shape index (κ2) is 19.9. The van der Waals surface area contributed by atoms with E-state index in [1.807, 2.05) is 45.1 Å². The van der Waals surface area contributed by atoms with Gasteiger partial charge in [-0.25, -0.2) is 4.79 Å². The SMILES string of the molecule is COC1CC(C)=CC(C)C(=O)CCOC(=O)C2CCCCN2C(=O)C(=O)C2OC(CCC(C)=CC=CC=CC(C)CC(C)C1=O)CCC2C. The van der Waals surface area contributed by atoms with E-state index in [1.165, 1.54) is 17.6 Å². The number of rotatable bonds is 1. The van der Waals surface area contributed by atoms with Gasteiger partial charge in [0, 0.05) is 38.3 Å². The van der Waals surface area contributed by atoms with Gasteiger partial charge in [-0.05, 0) is 77.0 Å². The van der Waals surface area contributed by atoms with Gasteiger partial charge in [-0.2, -0.15) is 0 Å². The Morgan fingerprint density at radius 2 is 1.61 bits per heavy atom. The van der Waals surface area contributed by atoms with Crippen molar-refractivity contribution in [2.45, 2.75) is 130 Å². The van der Waals surface area contributed by atoms with Crippen LogP contribution in [0.2, 0.25) is 0 Å². The Balaban J connectivity index is 1.79. The van der Waals surface area contributed by atoms with Gasteiger partial charge < -0.3 is 19.1 Å². The van der Waals surface area contributed by atoms with Gasteiger partial charge in [-0.15, -0.1) is 0 Å². The fourth-order valence-electron chi connectivity index (χ4n) is 7.06. The number of cyclic esters (lactones) is 1. The predicted molar refractivity (Wildman–Crippen MR) is 190 cm³/mol. The summed E-state index contributed by atoms with van der Waals surface area (Å²) in [5.41, 5.74) is 2.06. The minimum Gasteiger partial charge on any atom is -0.464 e. The van der Waals surface area contributed by atoms with Crippen molar-refractivity contribution in [3.8, 4) is 0 Å². The molecule has 3 heterocycles. The maximum atomic E-state index is 13.6. The molecule has 0 aliphatic carbocycles. The minimum atomic E-state index is -0.866. The molecule has 2 saturated heterocycles. The molecule has 0 aromatic carbocycles. The van der Waals surface area contributed by atoms with Crippen molar-refractivity contribution in [1.82, 2.24) is 4.90 Å². The Morgan fingerprint density at radius 1 is 0.857 bits per heavy atom. The zero-order valence-corrected chi connectivity index (χ0v) is 30.8. The first kappa shape index (κ1) is 40.3. The third-order valence-corrected chi connectivity index (χ3v) is 10.2. The number of ether oxygens (including phenoxy) is 3. The Kier molecular flexibility index (Phi) is 16.3. The summed E-state index contributed by atoms with van der Waals surface area (Å²) in [6, 6.07) is -0.866. The summed E-state index contributed by atoms with van der Waals surface area (Å²) in [4.78, 5) is 67.9. The number of ketones is 3. The van der Waals surface area contributed by atoms with E-state index >= 15 is 0 Å². The van der Waals surface area contributed by atoms with Crippen molar-refractivity contribution in [2.24, 2.45) is 23.7 Å². The fourth-order valence-corrected chi connectivity index (χ4v) is 7.06. The number of hydrogen-bond acceptors (Lipinski definition) is 8. The highest BCUT2D eigenvalue weighted by Crippen LogP contribution is 2.30. The normalized spacial score (nSPS) is 33.0. The summed E-state index contributed by atoms with van der Waals surface area (Å²) in [6.07, 6.45) is 16.5. The molecule has 3 aliphatic rings. The van der Waals surface area contributed by atoms with Crippen LogP contribution in [0.15, 0.2) is 47.6 Å². The summed E-state index contributed by atoms with van der Waals surface area (Å²) >= 11 is 0. The van der Waals surface area contributed by atoms with Crippen LogP contribution in [-0.2, 0) is 38.2 Å². The monoisotopic (exact) mass is 681 g/mol. The lowest BCUT2D eigenvalue weighted by atomic mass is 9.88. The minimum absolute atomic E-state index is 0.0179. The Bertz CT molecular complexity index is 1290. The van der Waals surface area contributed by atoms with E-state index in [0.717, 1.165) is 37.7 Å². The molecule has 3 aliphatic heterocycles. The molecule has 0 N–H and O–H groups in total. The van der Waals surface area contributed by atoms with Crippen LogP contribution in [0.1, 0.15) is 106 Å². The summed E-state index contributed by atoms with van der Waals surface area (Å²) < 4.78 is 17.4. The summed E-state index contributed by atoms with van der Waals surface area (Å²) in [5, 5.41) is 0. The van der Waals surface area contributed by atoms with Gasteiger partial charge >= 0.3 is 5.97 Å². The number of methoxy groups -OCH3 is 1. The van der Waals surface area contributed by atoms with Crippen molar-refractivity contribution < 1.29 is 38.2 Å². The number of Topliss-reactive ketones (excluding diaryl/α,β-unsaturated/α-hetero) is 3. The highest BCUT2D eigenvalue weighted by molar-refractivity contribution is 6.38. The molecule has 272 valence electrons. The Hall–Kier alpha value is -3.17. The lowest BCUT2D eigenvalue weighted by Crippen LogP contribution is -2.54. The van der Waals surface area contributed by atoms with Gasteiger partial charge in [-0.1, -0.05) is 75.3 Å². The third kappa shape index (κ3) is 12.3. The summed E-state index contributed by atoms with van der Waals surface area (Å²) in [6.45, 7) is 11.9. The number of hydrogen-bond donors (Lipinski definition) is 0. The number of esters is 1. The molecule has 49 heavy (non-hydrogen) atoms. The smallest absolute Gasteiger partial charge is 0.328 e. The van der Waals surface area contributed by atoms with Crippen LogP contribution in [0.25, 0.3) is 0 Å².